The average Bonchev–Trinajstić information content (AvgIpc) is 2.82. The Morgan fingerprint density at radius 3 is 2.65 bits per heavy atom. The molecule has 3 nitrogen and oxygen atoms in total. The molecule has 1 amide bonds. The fourth-order valence-corrected chi connectivity index (χ4v) is 3.37. The molecule has 0 bridgehead atoms. The van der Waals surface area contributed by atoms with Gasteiger partial charge in [0, 0.05) is 6.04 Å². The van der Waals surface area contributed by atoms with Crippen LogP contribution in [-0.4, -0.2) is 35.0 Å². The summed E-state index contributed by atoms with van der Waals surface area (Å²) in [6, 6.07) is 10.1. The summed E-state index contributed by atoms with van der Waals surface area (Å²) in [5, 5.41) is 3.48. The summed E-state index contributed by atoms with van der Waals surface area (Å²) in [5.74, 6) is 1.31. The van der Waals surface area contributed by atoms with Crippen molar-refractivity contribution in [2.75, 3.05) is 12.0 Å². The first-order valence-electron chi connectivity index (χ1n) is 7.31. The van der Waals surface area contributed by atoms with E-state index in [1.807, 2.05) is 47.0 Å². The molecule has 0 radical (unpaired) electrons. The maximum atomic E-state index is 12.7. The predicted molar refractivity (Wildman–Crippen MR) is 85.7 cm³/mol. The second-order valence-corrected chi connectivity index (χ2v) is 6.30. The standard InChI is InChI=1S/C16H24N2OS/c1-4-14-17-15(13-8-6-5-7-9-13)16(19)18(14)12(2)10-11-20-3/h5-9,12,14-15,17H,4,10-11H2,1-3H3. The molecule has 3 atom stereocenters. The van der Waals surface area contributed by atoms with E-state index >= 15 is 0 Å². The minimum absolute atomic E-state index is 0.157. The van der Waals surface area contributed by atoms with Gasteiger partial charge < -0.3 is 4.90 Å². The molecular weight excluding hydrogens is 268 g/mol. The lowest BCUT2D eigenvalue weighted by molar-refractivity contribution is -0.132. The Morgan fingerprint density at radius 2 is 2.05 bits per heavy atom. The average molecular weight is 292 g/mol. The van der Waals surface area contributed by atoms with Crippen LogP contribution in [0.1, 0.15) is 38.3 Å². The van der Waals surface area contributed by atoms with Crippen molar-refractivity contribution in [1.82, 2.24) is 10.2 Å². The third kappa shape index (κ3) is 3.18. The summed E-state index contributed by atoms with van der Waals surface area (Å²) in [6.07, 6.45) is 4.26. The van der Waals surface area contributed by atoms with Crippen LogP contribution in [0.4, 0.5) is 0 Å². The molecule has 3 unspecified atom stereocenters. The first kappa shape index (κ1) is 15.4. The second kappa shape index (κ2) is 7.14. The van der Waals surface area contributed by atoms with Crippen LogP contribution in [0.5, 0.6) is 0 Å². The van der Waals surface area contributed by atoms with Gasteiger partial charge in [0.2, 0.25) is 5.91 Å². The summed E-state index contributed by atoms with van der Waals surface area (Å²) >= 11 is 1.84. The highest BCUT2D eigenvalue weighted by Crippen LogP contribution is 2.28. The zero-order chi connectivity index (χ0) is 14.5. The molecule has 20 heavy (non-hydrogen) atoms. The quantitative estimate of drug-likeness (QED) is 0.874. The van der Waals surface area contributed by atoms with Gasteiger partial charge in [-0.2, -0.15) is 11.8 Å². The van der Waals surface area contributed by atoms with Gasteiger partial charge in [-0.15, -0.1) is 0 Å². The first-order chi connectivity index (χ1) is 9.69. The van der Waals surface area contributed by atoms with E-state index in [9.17, 15) is 4.79 Å². The van der Waals surface area contributed by atoms with E-state index in [-0.39, 0.29) is 18.1 Å². The fraction of sp³-hybridized carbons (Fsp3) is 0.562. The van der Waals surface area contributed by atoms with E-state index in [0.717, 1.165) is 24.2 Å². The molecule has 0 aliphatic carbocycles. The van der Waals surface area contributed by atoms with Crippen molar-refractivity contribution in [2.45, 2.75) is 44.9 Å². The third-order valence-electron chi connectivity index (χ3n) is 3.93. The molecule has 2 rings (SSSR count). The summed E-state index contributed by atoms with van der Waals surface area (Å²) in [7, 11) is 0. The Labute approximate surface area is 126 Å². The minimum atomic E-state index is -0.183. The zero-order valence-corrected chi connectivity index (χ0v) is 13.3. The van der Waals surface area contributed by atoms with Crippen molar-refractivity contribution in [3.05, 3.63) is 35.9 Å². The van der Waals surface area contributed by atoms with E-state index in [4.69, 9.17) is 0 Å². The molecule has 110 valence electrons. The van der Waals surface area contributed by atoms with Gasteiger partial charge in [-0.3, -0.25) is 10.1 Å². The van der Waals surface area contributed by atoms with Gasteiger partial charge in [0.25, 0.3) is 0 Å². The molecule has 1 aromatic carbocycles. The van der Waals surface area contributed by atoms with Gasteiger partial charge in [-0.1, -0.05) is 37.3 Å². The Hall–Kier alpha value is -1.00. The van der Waals surface area contributed by atoms with Crippen LogP contribution in [0.15, 0.2) is 30.3 Å². The zero-order valence-electron chi connectivity index (χ0n) is 12.5. The smallest absolute Gasteiger partial charge is 0.245 e. The molecule has 1 aliphatic rings. The maximum Gasteiger partial charge on any atom is 0.245 e. The SMILES string of the molecule is CCC1NC(c2ccccc2)C(=O)N1C(C)CCSC. The van der Waals surface area contributed by atoms with Gasteiger partial charge in [0.15, 0.2) is 0 Å². The van der Waals surface area contributed by atoms with Crippen molar-refractivity contribution in [2.24, 2.45) is 0 Å². The van der Waals surface area contributed by atoms with Crippen molar-refractivity contribution in [3.63, 3.8) is 0 Å². The van der Waals surface area contributed by atoms with E-state index in [0.29, 0.717) is 6.04 Å². The van der Waals surface area contributed by atoms with E-state index in [1.54, 1.807) is 0 Å². The van der Waals surface area contributed by atoms with Crippen LogP contribution >= 0.6 is 11.8 Å². The van der Waals surface area contributed by atoms with Crippen LogP contribution in [0.25, 0.3) is 0 Å². The number of thioether (sulfide) groups is 1. The highest BCUT2D eigenvalue weighted by Gasteiger charge is 2.40. The number of benzene rings is 1. The molecule has 0 spiro atoms. The third-order valence-corrected chi connectivity index (χ3v) is 4.57. The monoisotopic (exact) mass is 292 g/mol. The van der Waals surface area contributed by atoms with Gasteiger partial charge in [-0.05, 0) is 37.3 Å². The van der Waals surface area contributed by atoms with Gasteiger partial charge >= 0.3 is 0 Å². The molecule has 1 aromatic rings. The molecule has 1 saturated heterocycles. The van der Waals surface area contributed by atoms with E-state index in [1.165, 1.54) is 0 Å². The molecule has 1 aliphatic heterocycles. The topological polar surface area (TPSA) is 32.3 Å². The van der Waals surface area contributed by atoms with Gasteiger partial charge in [-0.25, -0.2) is 0 Å². The number of nitrogens with zero attached hydrogens (tertiary/aromatic N) is 1. The number of amides is 1. The number of carbonyl (C=O) groups excluding carboxylic acids is 1. The predicted octanol–water partition coefficient (Wildman–Crippen LogP) is 3.04. The van der Waals surface area contributed by atoms with Crippen LogP contribution in [0, 0.1) is 0 Å². The molecule has 1 fully saturated rings. The molecular formula is C16H24N2OS. The lowest BCUT2D eigenvalue weighted by atomic mass is 10.1. The number of rotatable bonds is 6. The lowest BCUT2D eigenvalue weighted by Crippen LogP contribution is -2.43. The Balaban J connectivity index is 2.15. The van der Waals surface area contributed by atoms with Crippen molar-refractivity contribution >= 4 is 17.7 Å². The highest BCUT2D eigenvalue weighted by atomic mass is 32.2. The molecule has 1 heterocycles. The first-order valence-corrected chi connectivity index (χ1v) is 8.70. The summed E-state index contributed by atoms with van der Waals surface area (Å²) in [6.45, 7) is 4.29. The largest absolute Gasteiger partial charge is 0.323 e. The molecule has 1 N–H and O–H groups in total. The van der Waals surface area contributed by atoms with Crippen LogP contribution in [0.2, 0.25) is 0 Å². The molecule has 0 saturated carbocycles. The van der Waals surface area contributed by atoms with Crippen molar-refractivity contribution < 1.29 is 4.79 Å². The summed E-state index contributed by atoms with van der Waals surface area (Å²) in [4.78, 5) is 14.8. The minimum Gasteiger partial charge on any atom is -0.323 e. The number of hydrogen-bond donors (Lipinski definition) is 1. The summed E-state index contributed by atoms with van der Waals surface area (Å²) in [5.41, 5.74) is 1.07. The Kier molecular flexibility index (Phi) is 5.49. The Bertz CT molecular complexity index is 437. The molecule has 0 aromatic heterocycles. The van der Waals surface area contributed by atoms with Gasteiger partial charge in [0.1, 0.15) is 6.04 Å². The van der Waals surface area contributed by atoms with Crippen molar-refractivity contribution in [1.29, 1.82) is 0 Å². The van der Waals surface area contributed by atoms with Gasteiger partial charge in [0.05, 0.1) is 6.17 Å². The second-order valence-electron chi connectivity index (χ2n) is 5.31. The summed E-state index contributed by atoms with van der Waals surface area (Å²) < 4.78 is 0. The number of carbonyl (C=O) groups is 1. The fourth-order valence-electron chi connectivity index (χ4n) is 2.80. The number of nitrogens with one attached hydrogen (secondary N) is 1. The van der Waals surface area contributed by atoms with E-state index < -0.39 is 0 Å². The Morgan fingerprint density at radius 1 is 1.35 bits per heavy atom. The highest BCUT2D eigenvalue weighted by molar-refractivity contribution is 7.98. The number of hydrogen-bond acceptors (Lipinski definition) is 3. The normalized spacial score (nSPS) is 24.1. The van der Waals surface area contributed by atoms with E-state index in [2.05, 4.69) is 25.4 Å². The molecule has 4 heteroatoms. The van der Waals surface area contributed by atoms with Crippen LogP contribution in [0.3, 0.4) is 0 Å². The lowest BCUT2D eigenvalue weighted by Gasteiger charge is -2.29. The maximum absolute atomic E-state index is 12.7. The van der Waals surface area contributed by atoms with Crippen LogP contribution < -0.4 is 5.32 Å². The van der Waals surface area contributed by atoms with Crippen molar-refractivity contribution in [3.8, 4) is 0 Å². The van der Waals surface area contributed by atoms with Crippen LogP contribution in [-0.2, 0) is 4.79 Å².